The molecule has 0 spiro atoms. The number of rotatable bonds is 5. The first-order valence-electron chi connectivity index (χ1n) is 7.83. The fourth-order valence-electron chi connectivity index (χ4n) is 2.61. The highest BCUT2D eigenvalue weighted by molar-refractivity contribution is 7.90. The first-order valence-corrected chi connectivity index (χ1v) is 9.73. The zero-order valence-electron chi connectivity index (χ0n) is 14.0. The Labute approximate surface area is 147 Å². The van der Waals surface area contributed by atoms with Crippen LogP contribution in [0.1, 0.15) is 22.9 Å². The maximum Gasteiger partial charge on any atom is 0.175 e. The van der Waals surface area contributed by atoms with Crippen molar-refractivity contribution in [1.82, 2.24) is 9.97 Å². The van der Waals surface area contributed by atoms with E-state index in [9.17, 15) is 8.42 Å². The van der Waals surface area contributed by atoms with Crippen LogP contribution in [0.4, 0.5) is 5.82 Å². The Kier molecular flexibility index (Phi) is 4.81. The van der Waals surface area contributed by atoms with Crippen LogP contribution < -0.4 is 5.32 Å². The van der Waals surface area contributed by atoms with Gasteiger partial charge in [-0.1, -0.05) is 42.5 Å². The smallest absolute Gasteiger partial charge is 0.175 e. The largest absolute Gasteiger partial charge is 0.359 e. The third-order valence-corrected chi connectivity index (χ3v) is 4.96. The van der Waals surface area contributed by atoms with Gasteiger partial charge in [-0.2, -0.15) is 0 Å². The molecular formula is C19H19N3O2S. The van der Waals surface area contributed by atoms with Crippen LogP contribution >= 0.6 is 0 Å². The van der Waals surface area contributed by atoms with Gasteiger partial charge in [-0.3, -0.25) is 0 Å². The van der Waals surface area contributed by atoms with Crippen molar-refractivity contribution >= 4 is 15.7 Å². The second-order valence-electron chi connectivity index (χ2n) is 5.88. The molecule has 2 aromatic carbocycles. The normalized spacial score (nSPS) is 12.6. The summed E-state index contributed by atoms with van der Waals surface area (Å²) in [7, 11) is -3.27. The lowest BCUT2D eigenvalue weighted by Crippen LogP contribution is -2.14. The molecule has 0 saturated heterocycles. The van der Waals surface area contributed by atoms with Crippen molar-refractivity contribution in [3.63, 3.8) is 0 Å². The van der Waals surface area contributed by atoms with Gasteiger partial charge in [0.1, 0.15) is 12.1 Å². The first kappa shape index (κ1) is 17.1. The van der Waals surface area contributed by atoms with Crippen molar-refractivity contribution < 1.29 is 8.42 Å². The Hall–Kier alpha value is -2.73. The van der Waals surface area contributed by atoms with E-state index in [0.29, 0.717) is 10.7 Å². The minimum atomic E-state index is -3.27. The zero-order chi connectivity index (χ0) is 17.9. The number of sulfone groups is 1. The molecule has 25 heavy (non-hydrogen) atoms. The van der Waals surface area contributed by atoms with E-state index in [-0.39, 0.29) is 6.04 Å². The summed E-state index contributed by atoms with van der Waals surface area (Å²) in [5, 5.41) is 3.39. The summed E-state index contributed by atoms with van der Waals surface area (Å²) in [4.78, 5) is 8.67. The average molecular weight is 353 g/mol. The summed E-state index contributed by atoms with van der Waals surface area (Å²) in [6.45, 7) is 1.90. The fraction of sp³-hybridized carbons (Fsp3) is 0.158. The van der Waals surface area contributed by atoms with Gasteiger partial charge in [-0.15, -0.1) is 0 Å². The summed E-state index contributed by atoms with van der Waals surface area (Å²) in [5.74, 6) is 0.686. The molecule has 0 aliphatic carbocycles. The van der Waals surface area contributed by atoms with Gasteiger partial charge in [-0.25, -0.2) is 18.4 Å². The van der Waals surface area contributed by atoms with E-state index in [0.717, 1.165) is 16.8 Å². The number of anilines is 1. The topological polar surface area (TPSA) is 72.0 Å². The van der Waals surface area contributed by atoms with E-state index in [1.165, 1.54) is 12.6 Å². The number of aryl methyl sites for hydroxylation is 1. The van der Waals surface area contributed by atoms with E-state index in [2.05, 4.69) is 15.3 Å². The molecule has 0 radical (unpaired) electrons. The van der Waals surface area contributed by atoms with Gasteiger partial charge in [0, 0.05) is 18.0 Å². The number of nitrogens with zero attached hydrogens (tertiary/aromatic N) is 2. The Morgan fingerprint density at radius 2 is 1.64 bits per heavy atom. The van der Waals surface area contributed by atoms with Crippen LogP contribution in [0, 0.1) is 6.92 Å². The number of aromatic nitrogens is 2. The van der Waals surface area contributed by atoms with E-state index >= 15 is 0 Å². The molecule has 1 atom stereocenters. The highest BCUT2D eigenvalue weighted by Gasteiger charge is 2.17. The van der Waals surface area contributed by atoms with Gasteiger partial charge >= 0.3 is 0 Å². The van der Waals surface area contributed by atoms with Crippen LogP contribution in [0.3, 0.4) is 0 Å². The summed E-state index contributed by atoms with van der Waals surface area (Å²) in [5.41, 5.74) is 2.73. The maximum absolute atomic E-state index is 11.9. The van der Waals surface area contributed by atoms with Gasteiger partial charge in [0.05, 0.1) is 10.9 Å². The van der Waals surface area contributed by atoms with Crippen molar-refractivity contribution in [2.45, 2.75) is 17.9 Å². The minimum Gasteiger partial charge on any atom is -0.359 e. The van der Waals surface area contributed by atoms with Crippen molar-refractivity contribution in [2.75, 3.05) is 11.6 Å². The summed E-state index contributed by atoms with van der Waals surface area (Å²) in [6, 6.07) is 18.5. The lowest BCUT2D eigenvalue weighted by Gasteiger charge is -2.21. The molecule has 1 heterocycles. The molecule has 1 N–H and O–H groups in total. The van der Waals surface area contributed by atoms with Crippen LogP contribution in [-0.2, 0) is 9.84 Å². The molecule has 0 bridgehead atoms. The predicted octanol–water partition coefficient (Wildman–Crippen LogP) is 3.39. The van der Waals surface area contributed by atoms with E-state index in [1.54, 1.807) is 18.2 Å². The standard InChI is InChI=1S/C19H19N3O2S/c1-14-11-18(21-13-20-14)22-19(15-7-4-3-5-8-15)16-9-6-10-17(12-16)25(2,23)24/h3-13,19H,1-2H3,(H,20,21,22). The van der Waals surface area contributed by atoms with E-state index in [1.807, 2.05) is 49.4 Å². The third kappa shape index (κ3) is 4.22. The molecule has 0 fully saturated rings. The zero-order valence-corrected chi connectivity index (χ0v) is 14.9. The molecule has 6 heteroatoms. The van der Waals surface area contributed by atoms with Crippen molar-refractivity contribution in [2.24, 2.45) is 0 Å². The van der Waals surface area contributed by atoms with Gasteiger partial charge in [0.15, 0.2) is 9.84 Å². The van der Waals surface area contributed by atoms with Crippen LogP contribution in [0.25, 0.3) is 0 Å². The van der Waals surface area contributed by atoms with E-state index < -0.39 is 9.84 Å². The van der Waals surface area contributed by atoms with E-state index in [4.69, 9.17) is 0 Å². The first-order chi connectivity index (χ1) is 11.9. The number of hydrogen-bond acceptors (Lipinski definition) is 5. The number of benzene rings is 2. The fourth-order valence-corrected chi connectivity index (χ4v) is 3.29. The molecule has 128 valence electrons. The average Bonchev–Trinajstić information content (AvgIpc) is 2.60. The Morgan fingerprint density at radius 1 is 0.920 bits per heavy atom. The van der Waals surface area contributed by atoms with Crippen LogP contribution in [-0.4, -0.2) is 24.6 Å². The maximum atomic E-state index is 11.9. The van der Waals surface area contributed by atoms with Gasteiger partial charge in [0.25, 0.3) is 0 Å². The highest BCUT2D eigenvalue weighted by atomic mass is 32.2. The molecule has 1 aromatic heterocycles. The molecule has 5 nitrogen and oxygen atoms in total. The third-order valence-electron chi connectivity index (χ3n) is 3.85. The molecule has 0 amide bonds. The SMILES string of the molecule is Cc1cc(NC(c2ccccc2)c2cccc(S(C)(=O)=O)c2)ncn1. The molecule has 1 unspecified atom stereocenters. The van der Waals surface area contributed by atoms with Crippen molar-refractivity contribution in [3.8, 4) is 0 Å². The Bertz CT molecular complexity index is 973. The van der Waals surface area contributed by atoms with Crippen molar-refractivity contribution in [1.29, 1.82) is 0 Å². The Balaban J connectivity index is 2.06. The quantitative estimate of drug-likeness (QED) is 0.761. The monoisotopic (exact) mass is 353 g/mol. The molecular weight excluding hydrogens is 334 g/mol. The minimum absolute atomic E-state index is 0.225. The molecule has 3 rings (SSSR count). The molecule has 0 saturated carbocycles. The van der Waals surface area contributed by atoms with Gasteiger partial charge in [-0.05, 0) is 30.2 Å². The predicted molar refractivity (Wildman–Crippen MR) is 98.2 cm³/mol. The summed E-state index contributed by atoms with van der Waals surface area (Å²) in [6.07, 6.45) is 2.72. The molecule has 0 aliphatic rings. The summed E-state index contributed by atoms with van der Waals surface area (Å²) >= 11 is 0. The second kappa shape index (κ2) is 7.03. The molecule has 0 aliphatic heterocycles. The van der Waals surface area contributed by atoms with Crippen LogP contribution in [0.2, 0.25) is 0 Å². The lowest BCUT2D eigenvalue weighted by molar-refractivity contribution is 0.601. The lowest BCUT2D eigenvalue weighted by atomic mass is 9.99. The second-order valence-corrected chi connectivity index (χ2v) is 7.89. The van der Waals surface area contributed by atoms with Crippen LogP contribution in [0.5, 0.6) is 0 Å². The molecule has 3 aromatic rings. The van der Waals surface area contributed by atoms with Gasteiger partial charge < -0.3 is 5.32 Å². The number of hydrogen-bond donors (Lipinski definition) is 1. The van der Waals surface area contributed by atoms with Gasteiger partial charge in [0.2, 0.25) is 0 Å². The highest BCUT2D eigenvalue weighted by Crippen LogP contribution is 2.27. The number of nitrogens with one attached hydrogen (secondary N) is 1. The van der Waals surface area contributed by atoms with Crippen LogP contribution in [0.15, 0.2) is 71.9 Å². The Morgan fingerprint density at radius 3 is 2.32 bits per heavy atom. The summed E-state index contributed by atoms with van der Waals surface area (Å²) < 4.78 is 23.8. The van der Waals surface area contributed by atoms with Crippen molar-refractivity contribution in [3.05, 3.63) is 83.8 Å².